The van der Waals surface area contributed by atoms with Gasteiger partial charge in [0, 0.05) is 30.4 Å². The van der Waals surface area contributed by atoms with Gasteiger partial charge in [-0.1, -0.05) is 43.6 Å². The lowest BCUT2D eigenvalue weighted by Crippen LogP contribution is -2.33. The summed E-state index contributed by atoms with van der Waals surface area (Å²) in [5.41, 5.74) is 2.88. The topological polar surface area (TPSA) is 46.4 Å². The van der Waals surface area contributed by atoms with Crippen molar-refractivity contribution in [2.45, 2.75) is 26.2 Å². The van der Waals surface area contributed by atoms with Gasteiger partial charge in [-0.3, -0.25) is 4.79 Å². The highest BCUT2D eigenvalue weighted by Gasteiger charge is 2.23. The number of amides is 1. The molecule has 0 aliphatic heterocycles. The van der Waals surface area contributed by atoms with E-state index >= 15 is 0 Å². The molecule has 25 heavy (non-hydrogen) atoms. The standard InChI is InChI=1S/C20H22ClN3O/c1-14(2)19(15-6-8-16(21)9-7-15)20(25)22-11-10-17-13-24-12-4-3-5-18(24)23-17/h3-9,12-14,19H,10-11H2,1-2H3,(H,22,25)/t19-/m0/s1. The molecule has 0 aliphatic rings. The van der Waals surface area contributed by atoms with Crippen LogP contribution in [0.2, 0.25) is 5.02 Å². The van der Waals surface area contributed by atoms with E-state index in [0.29, 0.717) is 18.0 Å². The van der Waals surface area contributed by atoms with Gasteiger partial charge in [0.05, 0.1) is 11.6 Å². The largest absolute Gasteiger partial charge is 0.355 e. The third-order valence-electron chi connectivity index (χ3n) is 4.27. The number of halogens is 1. The van der Waals surface area contributed by atoms with Crippen molar-refractivity contribution >= 4 is 23.2 Å². The number of imidazole rings is 1. The number of nitrogens with zero attached hydrogens (tertiary/aromatic N) is 2. The number of aromatic nitrogens is 2. The van der Waals surface area contributed by atoms with E-state index in [0.717, 1.165) is 16.9 Å². The van der Waals surface area contributed by atoms with E-state index in [4.69, 9.17) is 11.6 Å². The number of rotatable bonds is 6. The van der Waals surface area contributed by atoms with Crippen molar-refractivity contribution in [2.24, 2.45) is 5.92 Å². The quantitative estimate of drug-likeness (QED) is 0.724. The first-order chi connectivity index (χ1) is 12.0. The van der Waals surface area contributed by atoms with Crippen LogP contribution in [-0.4, -0.2) is 21.8 Å². The van der Waals surface area contributed by atoms with Crippen LogP contribution in [0.1, 0.15) is 31.0 Å². The smallest absolute Gasteiger partial charge is 0.227 e. The van der Waals surface area contributed by atoms with E-state index < -0.39 is 0 Å². The minimum absolute atomic E-state index is 0.0427. The van der Waals surface area contributed by atoms with Crippen LogP contribution in [0.25, 0.3) is 5.65 Å². The Kier molecular flexibility index (Phi) is 5.39. The van der Waals surface area contributed by atoms with E-state index in [1.54, 1.807) is 0 Å². The first-order valence-corrected chi connectivity index (χ1v) is 8.88. The Hall–Kier alpha value is -2.33. The maximum Gasteiger partial charge on any atom is 0.227 e. The molecule has 0 saturated heterocycles. The molecule has 2 heterocycles. The Morgan fingerprint density at radius 2 is 1.96 bits per heavy atom. The Labute approximate surface area is 152 Å². The summed E-state index contributed by atoms with van der Waals surface area (Å²) >= 11 is 5.95. The van der Waals surface area contributed by atoms with Crippen LogP contribution >= 0.6 is 11.6 Å². The van der Waals surface area contributed by atoms with Crippen molar-refractivity contribution in [3.05, 3.63) is 71.1 Å². The fourth-order valence-electron chi connectivity index (χ4n) is 3.04. The van der Waals surface area contributed by atoms with Gasteiger partial charge in [-0.25, -0.2) is 4.98 Å². The number of benzene rings is 1. The summed E-state index contributed by atoms with van der Waals surface area (Å²) in [6.07, 6.45) is 4.68. The van der Waals surface area contributed by atoms with Crippen LogP contribution < -0.4 is 5.32 Å². The molecule has 5 heteroatoms. The van der Waals surface area contributed by atoms with Gasteiger partial charge in [0.25, 0.3) is 0 Å². The summed E-state index contributed by atoms with van der Waals surface area (Å²) < 4.78 is 1.99. The summed E-state index contributed by atoms with van der Waals surface area (Å²) in [5, 5.41) is 3.73. The molecule has 3 rings (SSSR count). The lowest BCUT2D eigenvalue weighted by molar-refractivity contribution is -0.123. The average molecular weight is 356 g/mol. The number of fused-ring (bicyclic) bond motifs is 1. The molecular formula is C20H22ClN3O. The van der Waals surface area contributed by atoms with Gasteiger partial charge in [0.15, 0.2) is 0 Å². The summed E-state index contributed by atoms with van der Waals surface area (Å²) in [6, 6.07) is 13.4. The summed E-state index contributed by atoms with van der Waals surface area (Å²) in [6.45, 7) is 4.68. The predicted molar refractivity (Wildman–Crippen MR) is 101 cm³/mol. The minimum Gasteiger partial charge on any atom is -0.355 e. The fourth-order valence-corrected chi connectivity index (χ4v) is 3.17. The first-order valence-electron chi connectivity index (χ1n) is 8.50. The van der Waals surface area contributed by atoms with Crippen molar-refractivity contribution in [2.75, 3.05) is 6.54 Å². The zero-order valence-corrected chi connectivity index (χ0v) is 15.2. The van der Waals surface area contributed by atoms with E-state index in [2.05, 4.69) is 24.1 Å². The van der Waals surface area contributed by atoms with Crippen molar-refractivity contribution in [3.63, 3.8) is 0 Å². The molecule has 1 amide bonds. The molecule has 1 aromatic carbocycles. The van der Waals surface area contributed by atoms with Crippen LogP contribution in [0, 0.1) is 5.92 Å². The molecule has 130 valence electrons. The van der Waals surface area contributed by atoms with Crippen LogP contribution in [-0.2, 0) is 11.2 Å². The van der Waals surface area contributed by atoms with Crippen molar-refractivity contribution < 1.29 is 4.79 Å². The summed E-state index contributed by atoms with van der Waals surface area (Å²) in [7, 11) is 0. The Morgan fingerprint density at radius 1 is 1.20 bits per heavy atom. The van der Waals surface area contributed by atoms with Gasteiger partial charge in [-0.15, -0.1) is 0 Å². The van der Waals surface area contributed by atoms with Crippen molar-refractivity contribution in [1.82, 2.24) is 14.7 Å². The molecule has 3 aromatic rings. The SMILES string of the molecule is CC(C)[C@H](C(=O)NCCc1cn2ccccc2n1)c1ccc(Cl)cc1. The molecule has 0 saturated carbocycles. The number of hydrogen-bond donors (Lipinski definition) is 1. The van der Waals surface area contributed by atoms with Gasteiger partial charge in [-0.05, 0) is 35.7 Å². The van der Waals surface area contributed by atoms with Gasteiger partial charge in [0.1, 0.15) is 5.65 Å². The molecule has 1 atom stereocenters. The Morgan fingerprint density at radius 3 is 2.64 bits per heavy atom. The lowest BCUT2D eigenvalue weighted by atomic mass is 9.87. The summed E-state index contributed by atoms with van der Waals surface area (Å²) in [4.78, 5) is 17.2. The molecule has 0 fully saturated rings. The van der Waals surface area contributed by atoms with Crippen LogP contribution in [0.15, 0.2) is 54.9 Å². The molecule has 0 unspecified atom stereocenters. The average Bonchev–Trinajstić information content (AvgIpc) is 2.99. The van der Waals surface area contributed by atoms with Gasteiger partial charge in [-0.2, -0.15) is 0 Å². The van der Waals surface area contributed by atoms with Crippen LogP contribution in [0.5, 0.6) is 0 Å². The number of carbonyl (C=O) groups excluding carboxylic acids is 1. The number of carbonyl (C=O) groups is 1. The van der Waals surface area contributed by atoms with Crippen molar-refractivity contribution in [1.29, 1.82) is 0 Å². The Bertz CT molecular complexity index is 822. The molecule has 1 N–H and O–H groups in total. The highest BCUT2D eigenvalue weighted by Crippen LogP contribution is 2.26. The molecule has 0 radical (unpaired) electrons. The van der Waals surface area contributed by atoms with E-state index in [1.165, 1.54) is 0 Å². The fraction of sp³-hybridized carbons (Fsp3) is 0.300. The van der Waals surface area contributed by atoms with E-state index in [9.17, 15) is 4.79 Å². The van der Waals surface area contributed by atoms with Crippen LogP contribution in [0.4, 0.5) is 0 Å². The zero-order chi connectivity index (χ0) is 17.8. The monoisotopic (exact) mass is 355 g/mol. The van der Waals surface area contributed by atoms with Gasteiger partial charge >= 0.3 is 0 Å². The van der Waals surface area contributed by atoms with Gasteiger partial charge < -0.3 is 9.72 Å². The molecule has 0 bridgehead atoms. The highest BCUT2D eigenvalue weighted by atomic mass is 35.5. The minimum atomic E-state index is -0.182. The number of pyridine rings is 1. The zero-order valence-electron chi connectivity index (χ0n) is 14.4. The second kappa shape index (κ2) is 7.70. The molecule has 2 aromatic heterocycles. The second-order valence-corrected chi connectivity index (χ2v) is 6.95. The maximum atomic E-state index is 12.7. The van der Waals surface area contributed by atoms with Crippen molar-refractivity contribution in [3.8, 4) is 0 Å². The van der Waals surface area contributed by atoms with E-state index in [-0.39, 0.29) is 17.7 Å². The third kappa shape index (κ3) is 4.20. The molecule has 0 aliphatic carbocycles. The Balaban J connectivity index is 1.62. The second-order valence-electron chi connectivity index (χ2n) is 6.51. The van der Waals surface area contributed by atoms with Gasteiger partial charge in [0.2, 0.25) is 5.91 Å². The lowest BCUT2D eigenvalue weighted by Gasteiger charge is -2.20. The third-order valence-corrected chi connectivity index (χ3v) is 4.52. The molecule has 4 nitrogen and oxygen atoms in total. The predicted octanol–water partition coefficient (Wildman–Crippen LogP) is 4.09. The summed E-state index contributed by atoms with van der Waals surface area (Å²) in [5.74, 6) is 0.0655. The van der Waals surface area contributed by atoms with E-state index in [1.807, 2.05) is 59.3 Å². The number of nitrogens with one attached hydrogen (secondary N) is 1. The normalized spacial score (nSPS) is 12.5. The first kappa shape index (κ1) is 17.5. The van der Waals surface area contributed by atoms with Crippen LogP contribution in [0.3, 0.4) is 0 Å². The number of hydrogen-bond acceptors (Lipinski definition) is 2. The molecule has 0 spiro atoms. The highest BCUT2D eigenvalue weighted by molar-refractivity contribution is 6.30. The molecular weight excluding hydrogens is 334 g/mol. The maximum absolute atomic E-state index is 12.7.